The molecule has 1 heterocycles. The first kappa shape index (κ1) is 21.1. The fraction of sp³-hybridized carbons (Fsp3) is 0.429. The summed E-state index contributed by atoms with van der Waals surface area (Å²) in [6.07, 6.45) is 1.06. The average molecular weight is 425 g/mol. The minimum Gasteiger partial charge on any atom is -0.496 e. The van der Waals surface area contributed by atoms with E-state index in [9.17, 15) is 0 Å². The van der Waals surface area contributed by atoms with Crippen molar-refractivity contribution < 1.29 is 14.2 Å². The lowest BCUT2D eigenvalue weighted by Crippen LogP contribution is -2.33. The molecule has 1 aliphatic rings. The van der Waals surface area contributed by atoms with Gasteiger partial charge in [0.25, 0.3) is 0 Å². The minimum absolute atomic E-state index is 0.0515. The van der Waals surface area contributed by atoms with Crippen molar-refractivity contribution in [3.8, 4) is 17.2 Å². The van der Waals surface area contributed by atoms with E-state index in [0.29, 0.717) is 21.5 Å². The monoisotopic (exact) mass is 424 g/mol. The molecule has 1 unspecified atom stereocenters. The van der Waals surface area contributed by atoms with Gasteiger partial charge in [-0.2, -0.15) is 0 Å². The quantitative estimate of drug-likeness (QED) is 0.743. The standard InChI is InChI=1S/C21H26Cl2N2O3/c1-26-18-13-20(28-3)19(27-2)12-15(18)21(25-9-4-7-24-8-10-25)14-5-6-16(22)17(23)11-14/h5-6,11-13,21,24H,4,7-10H2,1-3H3. The van der Waals surface area contributed by atoms with Crippen molar-refractivity contribution in [2.24, 2.45) is 0 Å². The summed E-state index contributed by atoms with van der Waals surface area (Å²) in [6, 6.07) is 9.61. The Morgan fingerprint density at radius 1 is 0.857 bits per heavy atom. The zero-order valence-corrected chi connectivity index (χ0v) is 17.9. The molecular weight excluding hydrogens is 399 g/mol. The fourth-order valence-corrected chi connectivity index (χ4v) is 3.97. The Kier molecular flexibility index (Phi) is 7.30. The van der Waals surface area contributed by atoms with Crippen molar-refractivity contribution in [2.45, 2.75) is 12.5 Å². The van der Waals surface area contributed by atoms with Gasteiger partial charge in [0.1, 0.15) is 5.75 Å². The van der Waals surface area contributed by atoms with Gasteiger partial charge in [0.15, 0.2) is 11.5 Å². The van der Waals surface area contributed by atoms with Crippen molar-refractivity contribution in [1.29, 1.82) is 0 Å². The van der Waals surface area contributed by atoms with E-state index in [0.717, 1.165) is 49.5 Å². The molecule has 2 aromatic carbocycles. The molecule has 1 N–H and O–H groups in total. The zero-order chi connectivity index (χ0) is 20.1. The number of rotatable bonds is 6. The Labute approximate surface area is 176 Å². The Bertz CT molecular complexity index is 808. The lowest BCUT2D eigenvalue weighted by molar-refractivity contribution is 0.235. The van der Waals surface area contributed by atoms with E-state index in [1.165, 1.54) is 0 Å². The molecule has 1 atom stereocenters. The molecule has 0 saturated carbocycles. The molecule has 28 heavy (non-hydrogen) atoms. The van der Waals surface area contributed by atoms with Crippen LogP contribution in [0.5, 0.6) is 17.2 Å². The van der Waals surface area contributed by atoms with Gasteiger partial charge >= 0.3 is 0 Å². The molecule has 0 radical (unpaired) electrons. The molecule has 7 heteroatoms. The van der Waals surface area contributed by atoms with Crippen LogP contribution in [0.3, 0.4) is 0 Å². The molecule has 152 valence electrons. The van der Waals surface area contributed by atoms with E-state index in [-0.39, 0.29) is 6.04 Å². The van der Waals surface area contributed by atoms with Crippen LogP contribution in [-0.4, -0.2) is 52.4 Å². The predicted molar refractivity (Wildman–Crippen MR) is 113 cm³/mol. The Hall–Kier alpha value is -1.66. The fourth-order valence-electron chi connectivity index (χ4n) is 3.66. The molecule has 2 aromatic rings. The number of ether oxygens (including phenoxy) is 3. The largest absolute Gasteiger partial charge is 0.496 e. The van der Waals surface area contributed by atoms with Gasteiger partial charge in [-0.15, -0.1) is 0 Å². The van der Waals surface area contributed by atoms with Gasteiger partial charge in [0.05, 0.1) is 37.4 Å². The van der Waals surface area contributed by atoms with Crippen molar-refractivity contribution >= 4 is 23.2 Å². The summed E-state index contributed by atoms with van der Waals surface area (Å²) in [5.41, 5.74) is 2.06. The van der Waals surface area contributed by atoms with E-state index in [1.807, 2.05) is 30.3 Å². The van der Waals surface area contributed by atoms with Crippen LogP contribution < -0.4 is 19.5 Å². The Morgan fingerprint density at radius 3 is 2.25 bits per heavy atom. The first-order valence-electron chi connectivity index (χ1n) is 9.28. The number of benzene rings is 2. The second-order valence-electron chi connectivity index (χ2n) is 6.66. The second-order valence-corrected chi connectivity index (χ2v) is 7.48. The molecular formula is C21H26Cl2N2O3. The van der Waals surface area contributed by atoms with Crippen LogP contribution in [0.4, 0.5) is 0 Å². The van der Waals surface area contributed by atoms with Gasteiger partial charge in [0, 0.05) is 31.3 Å². The maximum absolute atomic E-state index is 6.36. The van der Waals surface area contributed by atoms with Crippen LogP contribution in [0, 0.1) is 0 Å². The molecule has 1 aliphatic heterocycles. The maximum atomic E-state index is 6.36. The van der Waals surface area contributed by atoms with Crippen LogP contribution in [0.15, 0.2) is 30.3 Å². The Balaban J connectivity index is 2.16. The van der Waals surface area contributed by atoms with E-state index in [4.69, 9.17) is 37.4 Å². The third kappa shape index (κ3) is 4.49. The molecule has 0 aromatic heterocycles. The summed E-state index contributed by atoms with van der Waals surface area (Å²) in [5.74, 6) is 2.04. The van der Waals surface area contributed by atoms with Crippen molar-refractivity contribution in [2.75, 3.05) is 47.5 Å². The highest BCUT2D eigenvalue weighted by Gasteiger charge is 2.28. The summed E-state index contributed by atoms with van der Waals surface area (Å²) in [5, 5.41) is 4.54. The first-order chi connectivity index (χ1) is 13.6. The summed E-state index contributed by atoms with van der Waals surface area (Å²) < 4.78 is 16.7. The van der Waals surface area contributed by atoms with Gasteiger partial charge in [-0.25, -0.2) is 0 Å². The molecule has 0 bridgehead atoms. The smallest absolute Gasteiger partial charge is 0.164 e. The third-order valence-corrected chi connectivity index (χ3v) is 5.77. The third-order valence-electron chi connectivity index (χ3n) is 5.03. The normalized spacial score (nSPS) is 16.3. The highest BCUT2D eigenvalue weighted by molar-refractivity contribution is 6.42. The maximum Gasteiger partial charge on any atom is 0.164 e. The van der Waals surface area contributed by atoms with E-state index >= 15 is 0 Å². The number of nitrogens with one attached hydrogen (secondary N) is 1. The highest BCUT2D eigenvalue weighted by atomic mass is 35.5. The number of methoxy groups -OCH3 is 3. The number of hydrogen-bond donors (Lipinski definition) is 1. The zero-order valence-electron chi connectivity index (χ0n) is 16.4. The molecule has 1 fully saturated rings. The van der Waals surface area contributed by atoms with Crippen LogP contribution in [0.1, 0.15) is 23.6 Å². The average Bonchev–Trinajstić information content (AvgIpc) is 2.99. The predicted octanol–water partition coefficient (Wildman–Crippen LogP) is 4.40. The van der Waals surface area contributed by atoms with Crippen LogP contribution in [0.2, 0.25) is 10.0 Å². The molecule has 1 saturated heterocycles. The molecule has 3 rings (SSSR count). The van der Waals surface area contributed by atoms with E-state index in [2.05, 4.69) is 10.2 Å². The van der Waals surface area contributed by atoms with Crippen molar-refractivity contribution in [3.05, 3.63) is 51.5 Å². The molecule has 0 spiro atoms. The van der Waals surface area contributed by atoms with Crippen LogP contribution in [-0.2, 0) is 0 Å². The lowest BCUT2D eigenvalue weighted by atomic mass is 9.95. The number of hydrogen-bond acceptors (Lipinski definition) is 5. The summed E-state index contributed by atoms with van der Waals surface area (Å²) in [7, 11) is 4.92. The molecule has 0 amide bonds. The Morgan fingerprint density at radius 2 is 1.57 bits per heavy atom. The summed E-state index contributed by atoms with van der Waals surface area (Å²) in [4.78, 5) is 2.43. The van der Waals surface area contributed by atoms with Crippen LogP contribution >= 0.6 is 23.2 Å². The van der Waals surface area contributed by atoms with Gasteiger partial charge in [0.2, 0.25) is 0 Å². The van der Waals surface area contributed by atoms with E-state index < -0.39 is 0 Å². The lowest BCUT2D eigenvalue weighted by Gasteiger charge is -2.32. The summed E-state index contributed by atoms with van der Waals surface area (Å²) in [6.45, 7) is 3.79. The number of nitrogens with zero attached hydrogens (tertiary/aromatic N) is 1. The number of halogens is 2. The van der Waals surface area contributed by atoms with Gasteiger partial charge in [-0.3, -0.25) is 4.90 Å². The summed E-state index contributed by atoms with van der Waals surface area (Å²) >= 11 is 12.5. The van der Waals surface area contributed by atoms with Gasteiger partial charge < -0.3 is 19.5 Å². The van der Waals surface area contributed by atoms with Crippen molar-refractivity contribution in [1.82, 2.24) is 10.2 Å². The SMILES string of the molecule is COc1cc(OC)c(C(c2ccc(Cl)c(Cl)c2)N2CCCNCC2)cc1OC. The minimum atomic E-state index is -0.0515. The van der Waals surface area contributed by atoms with E-state index in [1.54, 1.807) is 21.3 Å². The van der Waals surface area contributed by atoms with Gasteiger partial charge in [-0.1, -0.05) is 29.3 Å². The second kappa shape index (κ2) is 9.70. The topological polar surface area (TPSA) is 43.0 Å². The van der Waals surface area contributed by atoms with Crippen LogP contribution in [0.25, 0.3) is 0 Å². The van der Waals surface area contributed by atoms with Gasteiger partial charge in [-0.05, 0) is 36.7 Å². The van der Waals surface area contributed by atoms with Crippen molar-refractivity contribution in [3.63, 3.8) is 0 Å². The molecule has 5 nitrogen and oxygen atoms in total. The first-order valence-corrected chi connectivity index (χ1v) is 10.0. The highest BCUT2D eigenvalue weighted by Crippen LogP contribution is 2.42. The molecule has 0 aliphatic carbocycles.